The van der Waals surface area contributed by atoms with E-state index in [1.807, 2.05) is 35.2 Å². The highest BCUT2D eigenvalue weighted by molar-refractivity contribution is 6.34. The van der Waals surface area contributed by atoms with E-state index in [1.54, 1.807) is 22.6 Å². The fraction of sp³-hybridized carbons (Fsp3) is 0.464. The molecule has 1 aromatic heterocycles. The number of likely N-dealkylation sites (tertiary alicyclic amines) is 2. The Morgan fingerprint density at radius 3 is 2.55 bits per heavy atom. The van der Waals surface area contributed by atoms with Gasteiger partial charge in [-0.15, -0.1) is 0 Å². The molecule has 10 heteroatoms. The molecule has 2 aliphatic rings. The summed E-state index contributed by atoms with van der Waals surface area (Å²) in [6, 6.07) is 14.8. The fourth-order valence-electron chi connectivity index (χ4n) is 5.74. The number of H-pyrrole nitrogens is 1. The predicted molar refractivity (Wildman–Crippen MR) is 147 cm³/mol. The van der Waals surface area contributed by atoms with Gasteiger partial charge in [0.2, 0.25) is 5.91 Å². The first-order valence-electron chi connectivity index (χ1n) is 13.2. The number of halogens is 1. The van der Waals surface area contributed by atoms with Crippen molar-refractivity contribution >= 4 is 34.6 Å². The van der Waals surface area contributed by atoms with E-state index in [2.05, 4.69) is 22.4 Å². The lowest BCUT2D eigenvalue weighted by Crippen LogP contribution is -2.53. The first-order valence-corrected chi connectivity index (χ1v) is 13.6. The van der Waals surface area contributed by atoms with E-state index in [0.717, 1.165) is 11.9 Å². The van der Waals surface area contributed by atoms with Gasteiger partial charge < -0.3 is 24.8 Å². The summed E-state index contributed by atoms with van der Waals surface area (Å²) in [5.74, 6) is 0.142. The molecule has 0 aliphatic carbocycles. The van der Waals surface area contributed by atoms with Gasteiger partial charge in [-0.1, -0.05) is 48.0 Å². The fourth-order valence-corrected chi connectivity index (χ4v) is 5.95. The molecule has 5 rings (SSSR count). The second kappa shape index (κ2) is 11.6. The number of carbonyl (C=O) groups excluding carboxylic acids is 2. The van der Waals surface area contributed by atoms with E-state index in [1.165, 1.54) is 5.56 Å². The molecule has 2 N–H and O–H groups in total. The monoisotopic (exact) mass is 539 g/mol. The van der Waals surface area contributed by atoms with Gasteiger partial charge in [0.1, 0.15) is 6.04 Å². The van der Waals surface area contributed by atoms with Crippen molar-refractivity contribution in [2.75, 3.05) is 39.9 Å². The number of amides is 3. The van der Waals surface area contributed by atoms with E-state index in [9.17, 15) is 14.4 Å². The zero-order valence-electron chi connectivity index (χ0n) is 21.6. The number of aromatic nitrogens is 2. The van der Waals surface area contributed by atoms with Crippen LogP contribution >= 0.6 is 11.6 Å². The van der Waals surface area contributed by atoms with Crippen molar-refractivity contribution in [2.45, 2.75) is 43.7 Å². The number of fused-ring (bicyclic) bond motifs is 1. The minimum atomic E-state index is -0.579. The summed E-state index contributed by atoms with van der Waals surface area (Å²) in [5.41, 5.74) is 2.42. The van der Waals surface area contributed by atoms with Crippen LogP contribution in [0.1, 0.15) is 43.2 Å². The number of hydrogen-bond acceptors (Lipinski definition) is 4. The standard InChI is InChI=1S/C28H34ClN5O4/c1-38-17-16-33-18-20(19-6-3-2-4-7-19)10-11-23(26(33)35)30-27(36)32-14-12-21(13-15-32)34-24-9-5-8-22(29)25(24)31-28(34)37/h2-9,20-21,23H,10-18H2,1H3,(H,30,36)(H,31,37)/t20-,23-/m1/s1. The molecule has 202 valence electrons. The van der Waals surface area contributed by atoms with Gasteiger partial charge in [0.25, 0.3) is 0 Å². The molecule has 2 atom stereocenters. The highest BCUT2D eigenvalue weighted by Gasteiger charge is 2.34. The summed E-state index contributed by atoms with van der Waals surface area (Å²) in [6.45, 7) is 2.53. The van der Waals surface area contributed by atoms with Crippen LogP contribution < -0.4 is 11.0 Å². The van der Waals surface area contributed by atoms with E-state index < -0.39 is 6.04 Å². The van der Waals surface area contributed by atoms with Gasteiger partial charge in [0, 0.05) is 45.2 Å². The predicted octanol–water partition coefficient (Wildman–Crippen LogP) is 3.75. The van der Waals surface area contributed by atoms with Crippen molar-refractivity contribution in [3.05, 3.63) is 69.6 Å². The molecule has 3 heterocycles. The minimum absolute atomic E-state index is 0.0329. The van der Waals surface area contributed by atoms with Gasteiger partial charge in [-0.3, -0.25) is 9.36 Å². The summed E-state index contributed by atoms with van der Waals surface area (Å²) < 4.78 is 7.00. The largest absolute Gasteiger partial charge is 0.383 e. The summed E-state index contributed by atoms with van der Waals surface area (Å²) in [4.78, 5) is 45.8. The maximum atomic E-state index is 13.4. The molecule has 0 radical (unpaired) electrons. The van der Waals surface area contributed by atoms with Crippen LogP contribution in [-0.4, -0.2) is 77.2 Å². The lowest BCUT2D eigenvalue weighted by molar-refractivity contribution is -0.133. The number of ether oxygens (including phenoxy) is 1. The Kier molecular flexibility index (Phi) is 8.04. The Morgan fingerprint density at radius 1 is 1.05 bits per heavy atom. The lowest BCUT2D eigenvalue weighted by Gasteiger charge is -2.34. The van der Waals surface area contributed by atoms with Gasteiger partial charge in [-0.25, -0.2) is 9.59 Å². The molecule has 3 amide bonds. The average Bonchev–Trinajstić information content (AvgIpc) is 3.20. The number of carbonyl (C=O) groups is 2. The summed E-state index contributed by atoms with van der Waals surface area (Å²) >= 11 is 6.26. The maximum absolute atomic E-state index is 13.4. The Balaban J connectivity index is 1.24. The van der Waals surface area contributed by atoms with Gasteiger partial charge in [-0.05, 0) is 43.4 Å². The number of rotatable bonds is 6. The second-order valence-corrected chi connectivity index (χ2v) is 10.5. The summed E-state index contributed by atoms with van der Waals surface area (Å²) in [6.07, 6.45) is 2.66. The lowest BCUT2D eigenvalue weighted by atomic mass is 9.94. The molecule has 2 aromatic carbocycles. The SMILES string of the molecule is COCCN1C[C@H](c2ccccc2)CC[C@@H](NC(=O)N2CCC(n3c(=O)[nH]c4c(Cl)cccc43)CC2)C1=O. The molecule has 2 saturated heterocycles. The second-order valence-electron chi connectivity index (χ2n) is 10.1. The molecule has 3 aromatic rings. The van der Waals surface area contributed by atoms with Crippen LogP contribution in [0.5, 0.6) is 0 Å². The third kappa shape index (κ3) is 5.44. The molecule has 2 aliphatic heterocycles. The van der Waals surface area contributed by atoms with Crippen molar-refractivity contribution in [3.63, 3.8) is 0 Å². The zero-order valence-corrected chi connectivity index (χ0v) is 22.3. The highest BCUT2D eigenvalue weighted by atomic mass is 35.5. The van der Waals surface area contributed by atoms with Crippen LogP contribution in [-0.2, 0) is 9.53 Å². The van der Waals surface area contributed by atoms with Crippen LogP contribution in [0, 0.1) is 0 Å². The highest BCUT2D eigenvalue weighted by Crippen LogP contribution is 2.29. The van der Waals surface area contributed by atoms with E-state index in [0.29, 0.717) is 62.6 Å². The molecule has 9 nitrogen and oxygen atoms in total. The molecular formula is C28H34ClN5O4. The van der Waals surface area contributed by atoms with Gasteiger partial charge in [0.05, 0.1) is 22.7 Å². The third-order valence-corrected chi connectivity index (χ3v) is 8.12. The van der Waals surface area contributed by atoms with E-state index in [4.69, 9.17) is 16.3 Å². The number of aromatic amines is 1. The number of para-hydroxylation sites is 1. The van der Waals surface area contributed by atoms with Gasteiger partial charge in [-0.2, -0.15) is 0 Å². The normalized spacial score (nSPS) is 21.1. The van der Waals surface area contributed by atoms with Gasteiger partial charge >= 0.3 is 11.7 Å². The minimum Gasteiger partial charge on any atom is -0.383 e. The quantitative estimate of drug-likeness (QED) is 0.498. The van der Waals surface area contributed by atoms with E-state index in [-0.39, 0.29) is 29.6 Å². The smallest absolute Gasteiger partial charge is 0.326 e. The number of urea groups is 1. The molecule has 0 saturated carbocycles. The van der Waals surface area contributed by atoms with Crippen LogP contribution in [0.2, 0.25) is 5.02 Å². The molecule has 0 unspecified atom stereocenters. The Morgan fingerprint density at radius 2 is 1.82 bits per heavy atom. The van der Waals surface area contributed by atoms with Crippen molar-refractivity contribution in [1.29, 1.82) is 0 Å². The van der Waals surface area contributed by atoms with Crippen molar-refractivity contribution in [2.24, 2.45) is 0 Å². The number of hydrogen-bond donors (Lipinski definition) is 2. The van der Waals surface area contributed by atoms with Gasteiger partial charge in [0.15, 0.2) is 0 Å². The van der Waals surface area contributed by atoms with Crippen LogP contribution in [0.4, 0.5) is 4.79 Å². The zero-order chi connectivity index (χ0) is 26.6. The number of nitrogens with one attached hydrogen (secondary N) is 2. The average molecular weight is 540 g/mol. The molecular weight excluding hydrogens is 506 g/mol. The molecule has 0 bridgehead atoms. The van der Waals surface area contributed by atoms with Crippen molar-refractivity contribution in [1.82, 2.24) is 24.7 Å². The van der Waals surface area contributed by atoms with Crippen molar-refractivity contribution in [3.8, 4) is 0 Å². The first kappa shape index (κ1) is 26.3. The number of methoxy groups -OCH3 is 1. The third-order valence-electron chi connectivity index (χ3n) is 7.81. The maximum Gasteiger partial charge on any atom is 0.326 e. The Bertz CT molecular complexity index is 1330. The van der Waals surface area contributed by atoms with Crippen LogP contribution in [0.3, 0.4) is 0 Å². The van der Waals surface area contributed by atoms with E-state index >= 15 is 0 Å². The number of imidazole rings is 1. The molecule has 38 heavy (non-hydrogen) atoms. The topological polar surface area (TPSA) is 99.7 Å². The number of piperidine rings is 1. The Labute approximate surface area is 226 Å². The summed E-state index contributed by atoms with van der Waals surface area (Å²) in [5, 5.41) is 3.53. The summed E-state index contributed by atoms with van der Waals surface area (Å²) in [7, 11) is 1.62. The first-order chi connectivity index (χ1) is 18.5. The Hall–Kier alpha value is -3.30. The van der Waals surface area contributed by atoms with Crippen LogP contribution in [0.25, 0.3) is 11.0 Å². The van der Waals surface area contributed by atoms with Crippen molar-refractivity contribution < 1.29 is 14.3 Å². The number of benzene rings is 2. The molecule has 0 spiro atoms. The van der Waals surface area contributed by atoms with Crippen LogP contribution in [0.15, 0.2) is 53.3 Å². The number of nitrogens with zero attached hydrogens (tertiary/aromatic N) is 3. The molecule has 2 fully saturated rings.